The summed E-state index contributed by atoms with van der Waals surface area (Å²) in [6.45, 7) is 2.43. The van der Waals surface area contributed by atoms with Gasteiger partial charge in [0.1, 0.15) is 0 Å². The van der Waals surface area contributed by atoms with Gasteiger partial charge in [-0.1, -0.05) is 0 Å². The van der Waals surface area contributed by atoms with Crippen LogP contribution in [0.5, 0.6) is 0 Å². The predicted octanol–water partition coefficient (Wildman–Crippen LogP) is 5.09. The molecule has 2 unspecified atom stereocenters. The quantitative estimate of drug-likeness (QED) is 0.558. The third-order valence-corrected chi connectivity index (χ3v) is 24.2. The Morgan fingerprint density at radius 1 is 1.05 bits per heavy atom. The molecule has 0 radical (unpaired) electrons. The van der Waals surface area contributed by atoms with Gasteiger partial charge in [-0.15, -0.1) is 24.8 Å². The van der Waals surface area contributed by atoms with E-state index in [0.717, 1.165) is 9.54 Å². The molecule has 0 aromatic rings. The summed E-state index contributed by atoms with van der Waals surface area (Å²) in [5.74, 6) is 0.882. The number of hydrogen-bond donors (Lipinski definition) is 0. The summed E-state index contributed by atoms with van der Waals surface area (Å²) >= 11 is -2.69. The van der Waals surface area contributed by atoms with Gasteiger partial charge in [0.15, 0.2) is 0 Å². The molecular weight excluding hydrogens is 382 g/mol. The molecule has 4 heteroatoms. The van der Waals surface area contributed by atoms with Crippen molar-refractivity contribution in [1.82, 2.24) is 0 Å². The molecule has 3 aliphatic rings. The van der Waals surface area contributed by atoms with Gasteiger partial charge in [-0.25, -0.2) is 0 Å². The molecule has 1 fully saturated rings. The number of rotatable bonds is 2. The van der Waals surface area contributed by atoms with Crippen molar-refractivity contribution in [3.63, 3.8) is 0 Å². The second-order valence-corrected chi connectivity index (χ2v) is 37.3. The SMILES string of the molecule is Cl.Cl.[CH3][Zr]([CH3])(=[SiH2])([C]1=CC=CC1)[CH]1CCC2CC=CC=C21. The van der Waals surface area contributed by atoms with Crippen LogP contribution in [0.25, 0.3) is 0 Å². The van der Waals surface area contributed by atoms with E-state index in [1.165, 1.54) is 25.7 Å². The first-order chi connectivity index (χ1) is 8.47. The summed E-state index contributed by atoms with van der Waals surface area (Å²) in [5.41, 5.74) is 1.82. The Labute approximate surface area is 138 Å². The van der Waals surface area contributed by atoms with Gasteiger partial charge in [0, 0.05) is 0 Å². The van der Waals surface area contributed by atoms with Gasteiger partial charge in [-0.3, -0.25) is 0 Å². The summed E-state index contributed by atoms with van der Waals surface area (Å²) in [4.78, 5) is 0. The summed E-state index contributed by atoms with van der Waals surface area (Å²) in [6.07, 6.45) is 19.6. The standard InChI is InChI=1S/C9H11.C5H5.2CH3.2ClH.H2Si.Zr/c1-2-5-9-7-3-6-8(9)4-1;1-2-4-5-3-1;;;;;;/h1-2,4,6,9H,3,5,7H2;1-3H,4H2;2*1H3;2*1H;1H2;. The van der Waals surface area contributed by atoms with Crippen molar-refractivity contribution >= 4 is 31.7 Å². The van der Waals surface area contributed by atoms with Crippen molar-refractivity contribution in [3.8, 4) is 0 Å². The Morgan fingerprint density at radius 2 is 1.75 bits per heavy atom. The number of fused-ring (bicyclic) bond motifs is 1. The molecule has 0 N–H and O–H groups in total. The van der Waals surface area contributed by atoms with Crippen LogP contribution in [0.4, 0.5) is 0 Å². The summed E-state index contributed by atoms with van der Waals surface area (Å²) in [7, 11) is 0. The monoisotopic (exact) mass is 406 g/mol. The van der Waals surface area contributed by atoms with Crippen LogP contribution >= 0.6 is 24.8 Å². The third kappa shape index (κ3) is 3.05. The molecule has 0 aromatic heterocycles. The van der Waals surface area contributed by atoms with E-state index >= 15 is 0 Å². The average Bonchev–Trinajstić information content (AvgIpc) is 2.99. The number of allylic oxidation sites excluding steroid dienone is 8. The van der Waals surface area contributed by atoms with Crippen molar-refractivity contribution in [3.05, 3.63) is 45.3 Å². The minimum absolute atomic E-state index is 0. The Morgan fingerprint density at radius 3 is 2.40 bits per heavy atom. The first-order valence-electron chi connectivity index (χ1n) is 7.28. The van der Waals surface area contributed by atoms with Crippen LogP contribution in [0.2, 0.25) is 12.9 Å². The van der Waals surface area contributed by atoms with Gasteiger partial charge in [0.2, 0.25) is 0 Å². The van der Waals surface area contributed by atoms with Gasteiger partial charge in [-0.05, 0) is 0 Å². The van der Waals surface area contributed by atoms with E-state index in [4.69, 9.17) is 0 Å². The first kappa shape index (κ1) is 18.7. The van der Waals surface area contributed by atoms with Gasteiger partial charge < -0.3 is 0 Å². The third-order valence-electron chi connectivity index (χ3n) is 5.47. The van der Waals surface area contributed by atoms with Crippen molar-refractivity contribution in [2.24, 2.45) is 5.92 Å². The Bertz CT molecular complexity index is 563. The summed E-state index contributed by atoms with van der Waals surface area (Å²) in [5, 5.41) is 0. The van der Waals surface area contributed by atoms with E-state index in [9.17, 15) is 0 Å². The van der Waals surface area contributed by atoms with Crippen LogP contribution in [0.3, 0.4) is 0 Å². The van der Waals surface area contributed by atoms with Crippen molar-refractivity contribution in [1.29, 1.82) is 0 Å². The van der Waals surface area contributed by atoms with Crippen molar-refractivity contribution in [2.45, 2.75) is 38.6 Å². The van der Waals surface area contributed by atoms with Crippen LogP contribution in [0.15, 0.2) is 45.3 Å². The molecule has 0 amide bonds. The van der Waals surface area contributed by atoms with E-state index in [1.807, 2.05) is 8.85 Å². The maximum absolute atomic E-state index is 2.69. The van der Waals surface area contributed by atoms with E-state index in [-0.39, 0.29) is 24.8 Å². The second-order valence-electron chi connectivity index (χ2n) is 7.29. The summed E-state index contributed by atoms with van der Waals surface area (Å²) < 4.78 is 8.14. The zero-order valence-corrected chi connectivity index (χ0v) is 18.0. The fraction of sp³-hybridized carbons (Fsp3) is 0.500. The second kappa shape index (κ2) is 6.41. The van der Waals surface area contributed by atoms with Crippen molar-refractivity contribution < 1.29 is 17.4 Å². The molecule has 0 spiro atoms. The average molecular weight is 409 g/mol. The molecule has 0 aromatic carbocycles. The number of halogens is 2. The molecule has 3 rings (SSSR count). The van der Waals surface area contributed by atoms with Gasteiger partial charge in [0.25, 0.3) is 0 Å². The molecule has 112 valence electrons. The van der Waals surface area contributed by atoms with Gasteiger partial charge >= 0.3 is 114 Å². The molecule has 0 aliphatic heterocycles. The molecule has 1 saturated carbocycles. The van der Waals surface area contributed by atoms with E-state index in [0.29, 0.717) is 0 Å². The molecule has 20 heavy (non-hydrogen) atoms. The maximum atomic E-state index is 2.69. The molecule has 0 bridgehead atoms. The molecule has 3 aliphatic carbocycles. The van der Waals surface area contributed by atoms with Crippen LogP contribution < -0.4 is 0 Å². The van der Waals surface area contributed by atoms with Gasteiger partial charge in [-0.2, -0.15) is 0 Å². The molecule has 0 nitrogen and oxygen atoms in total. The minimum atomic E-state index is -2.69. The topological polar surface area (TPSA) is 0 Å². The summed E-state index contributed by atoms with van der Waals surface area (Å²) in [6, 6.07) is 0. The van der Waals surface area contributed by atoms with E-state index in [1.54, 1.807) is 0 Å². The Hall–Kier alpha value is 0.640. The van der Waals surface area contributed by atoms with Crippen LogP contribution in [0.1, 0.15) is 25.7 Å². The van der Waals surface area contributed by atoms with Gasteiger partial charge in [0.05, 0.1) is 0 Å². The zero-order valence-electron chi connectivity index (χ0n) is 12.5. The Kier molecular flexibility index (Phi) is 5.99. The predicted molar refractivity (Wildman–Crippen MR) is 94.9 cm³/mol. The Balaban J connectivity index is 0.000001000. The molecule has 2 atom stereocenters. The molecule has 0 saturated heterocycles. The van der Waals surface area contributed by atoms with E-state index < -0.39 is 17.4 Å². The fourth-order valence-electron chi connectivity index (χ4n) is 4.19. The number of hydrogen-bond acceptors (Lipinski definition) is 0. The molecule has 0 heterocycles. The van der Waals surface area contributed by atoms with E-state index in [2.05, 4.69) is 52.6 Å². The molecular formula is C16H26Cl2SiZr. The van der Waals surface area contributed by atoms with Crippen LogP contribution in [0, 0.1) is 5.92 Å². The first-order valence-corrected chi connectivity index (χ1v) is 20.8. The fourth-order valence-corrected chi connectivity index (χ4v) is 19.1. The normalized spacial score (nSPS) is 28.1. The van der Waals surface area contributed by atoms with Crippen LogP contribution in [-0.2, 0) is 17.4 Å². The zero-order chi connectivity index (χ0) is 12.8. The van der Waals surface area contributed by atoms with Crippen molar-refractivity contribution in [2.75, 3.05) is 0 Å². The van der Waals surface area contributed by atoms with Crippen LogP contribution in [-0.4, -0.2) is 6.88 Å².